The number of hydrogen-bond donors (Lipinski definition) is 0. The first-order chi connectivity index (χ1) is 7.93. The highest BCUT2D eigenvalue weighted by Crippen LogP contribution is 2.43. The molecule has 0 aromatic heterocycles. The van der Waals surface area contributed by atoms with Crippen LogP contribution in [0.5, 0.6) is 0 Å². The lowest BCUT2D eigenvalue weighted by molar-refractivity contribution is -0.143. The van der Waals surface area contributed by atoms with Gasteiger partial charge >= 0.3 is 5.97 Å². The molecule has 0 N–H and O–H groups in total. The van der Waals surface area contributed by atoms with E-state index in [4.69, 9.17) is 4.74 Å². The van der Waals surface area contributed by atoms with E-state index in [1.165, 1.54) is 0 Å². The summed E-state index contributed by atoms with van der Waals surface area (Å²) in [6, 6.07) is 0. The molecule has 0 unspecified atom stereocenters. The van der Waals surface area contributed by atoms with E-state index in [2.05, 4.69) is 6.92 Å². The van der Waals surface area contributed by atoms with Crippen molar-refractivity contribution in [3.63, 3.8) is 0 Å². The third-order valence-corrected chi connectivity index (χ3v) is 3.57. The Bertz CT molecular complexity index is 390. The fourth-order valence-electron chi connectivity index (χ4n) is 2.90. The van der Waals surface area contributed by atoms with Gasteiger partial charge in [-0.25, -0.2) is 0 Å². The normalized spacial score (nSPS) is 27.8. The van der Waals surface area contributed by atoms with Gasteiger partial charge in [0.2, 0.25) is 0 Å². The topological polar surface area (TPSA) is 43.4 Å². The second kappa shape index (κ2) is 4.28. The van der Waals surface area contributed by atoms with Crippen molar-refractivity contribution in [2.24, 2.45) is 11.3 Å². The minimum Gasteiger partial charge on any atom is -0.431 e. The molecule has 0 saturated carbocycles. The van der Waals surface area contributed by atoms with E-state index >= 15 is 0 Å². The molecule has 17 heavy (non-hydrogen) atoms. The lowest BCUT2D eigenvalue weighted by Crippen LogP contribution is -2.34. The lowest BCUT2D eigenvalue weighted by atomic mass is 9.71. The SMILES string of the molecule is CCC[C@H]1CC(=O)OC2=C1C(=O)CC(C)(C)C2. The molecule has 2 aliphatic rings. The van der Waals surface area contributed by atoms with Gasteiger partial charge in [0.25, 0.3) is 0 Å². The number of ether oxygens (including phenoxy) is 1. The molecule has 1 aliphatic carbocycles. The summed E-state index contributed by atoms with van der Waals surface area (Å²) in [5.74, 6) is 0.760. The quantitative estimate of drug-likeness (QED) is 0.692. The summed E-state index contributed by atoms with van der Waals surface area (Å²) in [4.78, 5) is 23.7. The molecule has 0 bridgehead atoms. The van der Waals surface area contributed by atoms with Crippen LogP contribution in [0.3, 0.4) is 0 Å². The fourth-order valence-corrected chi connectivity index (χ4v) is 2.90. The highest BCUT2D eigenvalue weighted by Gasteiger charge is 2.40. The monoisotopic (exact) mass is 236 g/mol. The predicted octanol–water partition coefficient (Wildman–Crippen LogP) is 2.99. The van der Waals surface area contributed by atoms with Crippen LogP contribution in [-0.2, 0) is 14.3 Å². The van der Waals surface area contributed by atoms with Crippen LogP contribution in [0.2, 0.25) is 0 Å². The Kier molecular flexibility index (Phi) is 3.11. The van der Waals surface area contributed by atoms with E-state index in [0.29, 0.717) is 25.0 Å². The van der Waals surface area contributed by atoms with Gasteiger partial charge in [0, 0.05) is 24.3 Å². The van der Waals surface area contributed by atoms with Gasteiger partial charge in [-0.3, -0.25) is 9.59 Å². The predicted molar refractivity (Wildman–Crippen MR) is 64.2 cm³/mol. The lowest BCUT2D eigenvalue weighted by Gasteiger charge is -2.36. The van der Waals surface area contributed by atoms with Gasteiger partial charge in [-0.2, -0.15) is 0 Å². The summed E-state index contributed by atoms with van der Waals surface area (Å²) < 4.78 is 5.29. The van der Waals surface area contributed by atoms with Gasteiger partial charge in [-0.05, 0) is 11.8 Å². The number of esters is 1. The maximum Gasteiger partial charge on any atom is 0.311 e. The Morgan fingerprint density at radius 3 is 2.65 bits per heavy atom. The number of rotatable bonds is 2. The molecule has 1 atom stereocenters. The van der Waals surface area contributed by atoms with Crippen LogP contribution in [0, 0.1) is 11.3 Å². The van der Waals surface area contributed by atoms with Crippen molar-refractivity contribution >= 4 is 11.8 Å². The number of ketones is 1. The van der Waals surface area contributed by atoms with Crippen molar-refractivity contribution in [2.75, 3.05) is 0 Å². The van der Waals surface area contributed by atoms with Gasteiger partial charge in [0.15, 0.2) is 5.78 Å². The Balaban J connectivity index is 2.35. The maximum absolute atomic E-state index is 12.2. The Morgan fingerprint density at radius 2 is 2.00 bits per heavy atom. The van der Waals surface area contributed by atoms with Crippen molar-refractivity contribution in [1.29, 1.82) is 0 Å². The number of carbonyl (C=O) groups excluding carboxylic acids is 2. The van der Waals surface area contributed by atoms with Gasteiger partial charge < -0.3 is 4.74 Å². The van der Waals surface area contributed by atoms with Gasteiger partial charge in [-0.1, -0.05) is 27.2 Å². The minimum atomic E-state index is -0.173. The van der Waals surface area contributed by atoms with Crippen LogP contribution in [0.15, 0.2) is 11.3 Å². The zero-order valence-electron chi connectivity index (χ0n) is 10.8. The molecule has 0 aromatic carbocycles. The summed E-state index contributed by atoms with van der Waals surface area (Å²) in [6.45, 7) is 6.18. The molecule has 1 aliphatic heterocycles. The summed E-state index contributed by atoms with van der Waals surface area (Å²) in [5.41, 5.74) is 0.732. The third-order valence-electron chi connectivity index (χ3n) is 3.57. The Hall–Kier alpha value is -1.12. The van der Waals surface area contributed by atoms with E-state index in [1.807, 2.05) is 13.8 Å². The van der Waals surface area contributed by atoms with E-state index in [-0.39, 0.29) is 23.1 Å². The summed E-state index contributed by atoms with van der Waals surface area (Å²) in [5, 5.41) is 0. The molecular weight excluding hydrogens is 216 g/mol. The van der Waals surface area contributed by atoms with Crippen molar-refractivity contribution in [3.05, 3.63) is 11.3 Å². The first-order valence-corrected chi connectivity index (χ1v) is 6.40. The van der Waals surface area contributed by atoms with E-state index in [9.17, 15) is 9.59 Å². The average Bonchev–Trinajstić information content (AvgIpc) is 2.13. The highest BCUT2D eigenvalue weighted by molar-refractivity contribution is 5.99. The number of hydrogen-bond acceptors (Lipinski definition) is 3. The second-order valence-corrected chi connectivity index (χ2v) is 5.94. The molecule has 0 spiro atoms. The molecule has 0 amide bonds. The minimum absolute atomic E-state index is 0.0791. The number of allylic oxidation sites excluding steroid dienone is 2. The second-order valence-electron chi connectivity index (χ2n) is 5.94. The van der Waals surface area contributed by atoms with Crippen LogP contribution in [0.25, 0.3) is 0 Å². The zero-order valence-corrected chi connectivity index (χ0v) is 10.8. The molecule has 94 valence electrons. The van der Waals surface area contributed by atoms with Crippen molar-refractivity contribution in [1.82, 2.24) is 0 Å². The van der Waals surface area contributed by atoms with Crippen molar-refractivity contribution in [3.8, 4) is 0 Å². The average molecular weight is 236 g/mol. The van der Waals surface area contributed by atoms with Crippen molar-refractivity contribution < 1.29 is 14.3 Å². The van der Waals surface area contributed by atoms with Gasteiger partial charge in [0.05, 0.1) is 6.42 Å². The number of Topliss-reactive ketones (excluding diaryl/α,β-unsaturated/α-hetero) is 1. The fraction of sp³-hybridized carbons (Fsp3) is 0.714. The zero-order chi connectivity index (χ0) is 12.6. The smallest absolute Gasteiger partial charge is 0.311 e. The summed E-state index contributed by atoms with van der Waals surface area (Å²) in [7, 11) is 0. The molecule has 3 heteroatoms. The highest BCUT2D eigenvalue weighted by atomic mass is 16.5. The van der Waals surface area contributed by atoms with Gasteiger partial charge in [-0.15, -0.1) is 0 Å². The summed E-state index contributed by atoms with van der Waals surface area (Å²) >= 11 is 0. The summed E-state index contributed by atoms with van der Waals surface area (Å²) in [6.07, 6.45) is 3.55. The maximum atomic E-state index is 12.2. The molecule has 1 heterocycles. The van der Waals surface area contributed by atoms with E-state index in [1.54, 1.807) is 0 Å². The first-order valence-electron chi connectivity index (χ1n) is 6.40. The van der Waals surface area contributed by atoms with E-state index < -0.39 is 0 Å². The molecule has 0 saturated heterocycles. The third kappa shape index (κ3) is 2.43. The standard InChI is InChI=1S/C14H20O3/c1-4-5-9-6-12(16)17-11-8-14(2,3)7-10(15)13(9)11/h9H,4-8H2,1-3H3/t9-/m0/s1. The molecule has 2 rings (SSSR count). The van der Waals surface area contributed by atoms with Crippen LogP contribution in [-0.4, -0.2) is 11.8 Å². The molecule has 0 aromatic rings. The van der Waals surface area contributed by atoms with Gasteiger partial charge in [0.1, 0.15) is 5.76 Å². The molecule has 0 fully saturated rings. The van der Waals surface area contributed by atoms with Crippen LogP contribution in [0.4, 0.5) is 0 Å². The van der Waals surface area contributed by atoms with Crippen LogP contribution >= 0.6 is 0 Å². The van der Waals surface area contributed by atoms with Crippen LogP contribution in [0.1, 0.15) is 52.9 Å². The van der Waals surface area contributed by atoms with E-state index in [0.717, 1.165) is 18.4 Å². The molecular formula is C14H20O3. The first kappa shape index (κ1) is 12.3. The van der Waals surface area contributed by atoms with Crippen molar-refractivity contribution in [2.45, 2.75) is 52.9 Å². The molecule has 3 nitrogen and oxygen atoms in total. The largest absolute Gasteiger partial charge is 0.431 e. The Labute approximate surface area is 102 Å². The Morgan fingerprint density at radius 1 is 1.29 bits per heavy atom. The van der Waals surface area contributed by atoms with Crippen LogP contribution < -0.4 is 0 Å². The molecule has 0 radical (unpaired) electrons. The number of carbonyl (C=O) groups is 2.